The van der Waals surface area contributed by atoms with Gasteiger partial charge in [-0.2, -0.15) is 4.98 Å². The summed E-state index contributed by atoms with van der Waals surface area (Å²) in [4.78, 5) is 29.3. The van der Waals surface area contributed by atoms with Crippen molar-refractivity contribution in [2.24, 2.45) is 0 Å². The van der Waals surface area contributed by atoms with E-state index in [0.29, 0.717) is 24.3 Å². The number of rotatable bonds is 2. The fourth-order valence-electron chi connectivity index (χ4n) is 4.98. The lowest BCUT2D eigenvalue weighted by Crippen LogP contribution is -2.87. The highest BCUT2D eigenvalue weighted by molar-refractivity contribution is 6.30. The zero-order chi connectivity index (χ0) is 20.7. The number of hydrogen-bond donors (Lipinski definition) is 0. The maximum Gasteiger partial charge on any atom is 0.327 e. The van der Waals surface area contributed by atoms with E-state index in [-0.39, 0.29) is 34.0 Å². The summed E-state index contributed by atoms with van der Waals surface area (Å²) >= 11 is 11.9. The van der Waals surface area contributed by atoms with Crippen LogP contribution in [-0.2, 0) is 9.53 Å². The molecule has 2 aromatic heterocycles. The summed E-state index contributed by atoms with van der Waals surface area (Å²) in [5.41, 5.74) is -0.923. The van der Waals surface area contributed by atoms with E-state index in [9.17, 15) is 9.18 Å². The molecule has 29 heavy (non-hydrogen) atoms. The van der Waals surface area contributed by atoms with Gasteiger partial charge in [-0.1, -0.05) is 11.6 Å². The van der Waals surface area contributed by atoms with Crippen molar-refractivity contribution in [2.75, 3.05) is 18.0 Å². The second kappa shape index (κ2) is 6.12. The predicted octanol–water partition coefficient (Wildman–Crippen LogP) is 3.22. The Kier molecular flexibility index (Phi) is 4.05. The second-order valence-corrected chi connectivity index (χ2v) is 9.70. The smallest absolute Gasteiger partial charge is 0.327 e. The standard InChI is InChI=1S/C19H20Cl2FN5O2/c1-18(2,3)29-16(28)19-4-9-7-26(8-10(5-19)27(9)19)15-11-6-23-14(20)12(22)13(11)24-17(21)25-15/h6,9-10H,4-5,7-8H2,1-3H3. The molecule has 3 fully saturated rings. The maximum atomic E-state index is 14.4. The van der Waals surface area contributed by atoms with E-state index in [0.717, 1.165) is 12.8 Å². The molecule has 0 aliphatic carbocycles. The molecule has 5 heterocycles. The minimum Gasteiger partial charge on any atom is -0.459 e. The summed E-state index contributed by atoms with van der Waals surface area (Å²) in [6.07, 6.45) is 2.96. The van der Waals surface area contributed by atoms with Crippen LogP contribution in [0.5, 0.6) is 0 Å². The molecule has 3 aliphatic rings. The van der Waals surface area contributed by atoms with Crippen molar-refractivity contribution in [3.8, 4) is 0 Å². The number of piperidine rings is 1. The number of carbonyl (C=O) groups is 1. The molecule has 0 bridgehead atoms. The summed E-state index contributed by atoms with van der Waals surface area (Å²) in [6, 6.07) is 0.424. The Bertz CT molecular complexity index is 1030. The first-order valence-corrected chi connectivity index (χ1v) is 10.3. The fourth-order valence-corrected chi connectivity index (χ4v) is 5.29. The van der Waals surface area contributed by atoms with Crippen LogP contribution in [0.3, 0.4) is 0 Å². The van der Waals surface area contributed by atoms with Crippen LogP contribution < -0.4 is 4.90 Å². The zero-order valence-electron chi connectivity index (χ0n) is 16.2. The van der Waals surface area contributed by atoms with Crippen LogP contribution >= 0.6 is 23.2 Å². The normalized spacial score (nSPS) is 28.6. The molecule has 0 spiro atoms. The van der Waals surface area contributed by atoms with Crippen LogP contribution in [0.2, 0.25) is 10.4 Å². The van der Waals surface area contributed by atoms with E-state index >= 15 is 0 Å². The molecule has 0 radical (unpaired) electrons. The number of carbonyl (C=O) groups excluding carboxylic acids is 1. The molecule has 7 nitrogen and oxygen atoms in total. The van der Waals surface area contributed by atoms with Gasteiger partial charge in [0.1, 0.15) is 22.5 Å². The van der Waals surface area contributed by atoms with Gasteiger partial charge in [-0.3, -0.25) is 9.69 Å². The lowest BCUT2D eigenvalue weighted by molar-refractivity contribution is -0.233. The van der Waals surface area contributed by atoms with Crippen molar-refractivity contribution in [3.63, 3.8) is 0 Å². The van der Waals surface area contributed by atoms with Gasteiger partial charge in [0.05, 0.1) is 5.39 Å². The first kappa shape index (κ1) is 19.2. The summed E-state index contributed by atoms with van der Waals surface area (Å²) < 4.78 is 20.1. The Morgan fingerprint density at radius 3 is 2.52 bits per heavy atom. The van der Waals surface area contributed by atoms with Gasteiger partial charge in [-0.05, 0) is 45.2 Å². The minimum atomic E-state index is -0.704. The van der Waals surface area contributed by atoms with Gasteiger partial charge in [0.25, 0.3) is 0 Å². The Morgan fingerprint density at radius 1 is 1.24 bits per heavy atom. The Labute approximate surface area is 177 Å². The van der Waals surface area contributed by atoms with Crippen LogP contribution in [0.25, 0.3) is 10.9 Å². The predicted molar refractivity (Wildman–Crippen MR) is 107 cm³/mol. The lowest BCUT2D eigenvalue weighted by Gasteiger charge is -2.72. The van der Waals surface area contributed by atoms with Crippen molar-refractivity contribution < 1.29 is 13.9 Å². The molecule has 154 valence electrons. The number of aromatic nitrogens is 3. The van der Waals surface area contributed by atoms with E-state index in [2.05, 4.69) is 24.8 Å². The Morgan fingerprint density at radius 2 is 1.90 bits per heavy atom. The number of ether oxygens (including phenoxy) is 1. The lowest BCUT2D eigenvalue weighted by atomic mass is 9.62. The van der Waals surface area contributed by atoms with Crippen molar-refractivity contribution in [1.82, 2.24) is 19.9 Å². The molecular weight excluding hydrogens is 420 g/mol. The molecule has 10 heteroatoms. The van der Waals surface area contributed by atoms with Gasteiger partial charge in [-0.15, -0.1) is 0 Å². The Hall–Kier alpha value is -1.77. The van der Waals surface area contributed by atoms with Gasteiger partial charge in [0.15, 0.2) is 11.0 Å². The number of piperazine rings is 1. The van der Waals surface area contributed by atoms with Crippen LogP contribution in [0.15, 0.2) is 6.20 Å². The first-order valence-electron chi connectivity index (χ1n) is 9.53. The largest absolute Gasteiger partial charge is 0.459 e. The third kappa shape index (κ3) is 2.79. The zero-order valence-corrected chi connectivity index (χ0v) is 17.8. The number of hydrogen-bond acceptors (Lipinski definition) is 7. The maximum absolute atomic E-state index is 14.4. The van der Waals surface area contributed by atoms with E-state index in [4.69, 9.17) is 27.9 Å². The summed E-state index contributed by atoms with van der Waals surface area (Å²) in [5, 5.41) is 0.186. The quantitative estimate of drug-likeness (QED) is 0.404. The van der Waals surface area contributed by atoms with Crippen molar-refractivity contribution in [3.05, 3.63) is 22.5 Å². The highest BCUT2D eigenvalue weighted by atomic mass is 35.5. The summed E-state index contributed by atoms with van der Waals surface area (Å²) in [7, 11) is 0. The molecule has 3 saturated heterocycles. The Balaban J connectivity index is 1.42. The molecule has 5 rings (SSSR count). The summed E-state index contributed by atoms with van der Waals surface area (Å²) in [6.45, 7) is 6.97. The molecule has 2 unspecified atom stereocenters. The van der Waals surface area contributed by atoms with Gasteiger partial charge in [0.2, 0.25) is 5.28 Å². The van der Waals surface area contributed by atoms with E-state index in [1.807, 2.05) is 20.8 Å². The average Bonchev–Trinajstić information content (AvgIpc) is 2.57. The molecule has 2 aromatic rings. The van der Waals surface area contributed by atoms with Crippen LogP contribution in [0.4, 0.5) is 10.2 Å². The first-order chi connectivity index (χ1) is 13.6. The number of pyridine rings is 1. The average molecular weight is 440 g/mol. The number of esters is 1. The number of anilines is 1. The minimum absolute atomic E-state index is 0.0404. The van der Waals surface area contributed by atoms with Crippen LogP contribution in [0.1, 0.15) is 33.6 Å². The monoisotopic (exact) mass is 439 g/mol. The highest BCUT2D eigenvalue weighted by Crippen LogP contribution is 2.55. The van der Waals surface area contributed by atoms with Crippen molar-refractivity contribution in [1.29, 1.82) is 0 Å². The van der Waals surface area contributed by atoms with Crippen molar-refractivity contribution in [2.45, 2.75) is 56.8 Å². The number of fused-ring (bicyclic) bond motifs is 1. The van der Waals surface area contributed by atoms with Gasteiger partial charge in [-0.25, -0.2) is 14.4 Å². The molecule has 0 amide bonds. The molecule has 0 N–H and O–H groups in total. The van der Waals surface area contributed by atoms with Gasteiger partial charge >= 0.3 is 5.97 Å². The molecule has 0 aromatic carbocycles. The van der Waals surface area contributed by atoms with Gasteiger partial charge in [0, 0.05) is 31.4 Å². The van der Waals surface area contributed by atoms with E-state index in [1.165, 1.54) is 6.20 Å². The topological polar surface area (TPSA) is 71.5 Å². The SMILES string of the molecule is CC(C)(C)OC(=O)C12CC3CN(c4nc(Cl)nc5c(F)c(Cl)ncc45)CC(C1)N32. The summed E-state index contributed by atoms with van der Waals surface area (Å²) in [5.74, 6) is -0.295. The molecule has 0 saturated carbocycles. The number of halogens is 3. The van der Waals surface area contributed by atoms with Gasteiger partial charge < -0.3 is 9.64 Å². The second-order valence-electron chi connectivity index (χ2n) is 9.00. The van der Waals surface area contributed by atoms with E-state index in [1.54, 1.807) is 0 Å². The molecule has 2 atom stereocenters. The molecular formula is C19H20Cl2FN5O2. The molecule has 3 aliphatic heterocycles. The van der Waals surface area contributed by atoms with Crippen LogP contribution in [0, 0.1) is 5.82 Å². The fraction of sp³-hybridized carbons (Fsp3) is 0.579. The van der Waals surface area contributed by atoms with Crippen LogP contribution in [-0.4, -0.2) is 62.1 Å². The highest BCUT2D eigenvalue weighted by Gasteiger charge is 2.70. The number of nitrogens with zero attached hydrogens (tertiary/aromatic N) is 5. The third-order valence-corrected chi connectivity index (χ3v) is 6.40. The van der Waals surface area contributed by atoms with E-state index < -0.39 is 17.0 Å². The van der Waals surface area contributed by atoms with Crippen molar-refractivity contribution >= 4 is 45.9 Å². The third-order valence-electron chi connectivity index (χ3n) is 5.96.